The fourth-order valence-corrected chi connectivity index (χ4v) is 2.62. The van der Waals surface area contributed by atoms with Crippen LogP contribution in [0.2, 0.25) is 0 Å². The number of methoxy groups -OCH3 is 1. The van der Waals surface area contributed by atoms with E-state index in [1.165, 1.54) is 19.7 Å². The summed E-state index contributed by atoms with van der Waals surface area (Å²) >= 11 is 0. The molecule has 1 amide bonds. The van der Waals surface area contributed by atoms with Crippen LogP contribution < -0.4 is 10.1 Å². The Morgan fingerprint density at radius 1 is 1.32 bits per heavy atom. The number of aromatic nitrogens is 1. The highest BCUT2D eigenvalue weighted by Crippen LogP contribution is 2.23. The highest BCUT2D eigenvalue weighted by atomic mass is 16.5. The van der Waals surface area contributed by atoms with Gasteiger partial charge < -0.3 is 14.8 Å². The Kier molecular flexibility index (Phi) is 5.75. The van der Waals surface area contributed by atoms with Crippen LogP contribution in [0.3, 0.4) is 0 Å². The SMILES string of the molecule is COc1ccc(C(=O)OCC(=O)NC2CCCCC2C)cn1. The molecule has 2 rings (SSSR count). The number of nitrogens with one attached hydrogen (secondary N) is 1. The van der Waals surface area contributed by atoms with Crippen LogP contribution in [0.1, 0.15) is 43.0 Å². The van der Waals surface area contributed by atoms with Crippen molar-refractivity contribution in [3.05, 3.63) is 23.9 Å². The van der Waals surface area contributed by atoms with E-state index in [4.69, 9.17) is 9.47 Å². The summed E-state index contributed by atoms with van der Waals surface area (Å²) in [4.78, 5) is 27.6. The monoisotopic (exact) mass is 306 g/mol. The lowest BCUT2D eigenvalue weighted by Gasteiger charge is -2.29. The number of nitrogens with zero attached hydrogens (tertiary/aromatic N) is 1. The van der Waals surface area contributed by atoms with Crippen molar-refractivity contribution in [3.8, 4) is 5.88 Å². The van der Waals surface area contributed by atoms with Gasteiger partial charge in [0, 0.05) is 18.3 Å². The van der Waals surface area contributed by atoms with Crippen LogP contribution in [0.25, 0.3) is 0 Å². The van der Waals surface area contributed by atoms with Crippen LogP contribution in [0.5, 0.6) is 5.88 Å². The number of hydrogen-bond donors (Lipinski definition) is 1. The first-order valence-corrected chi connectivity index (χ1v) is 7.56. The van der Waals surface area contributed by atoms with Gasteiger partial charge in [-0.2, -0.15) is 0 Å². The largest absolute Gasteiger partial charge is 0.481 e. The molecule has 1 heterocycles. The second-order valence-electron chi connectivity index (χ2n) is 5.60. The third-order valence-corrected chi connectivity index (χ3v) is 3.97. The Labute approximate surface area is 130 Å². The van der Waals surface area contributed by atoms with Crippen molar-refractivity contribution >= 4 is 11.9 Å². The average molecular weight is 306 g/mol. The fraction of sp³-hybridized carbons (Fsp3) is 0.562. The van der Waals surface area contributed by atoms with Crippen LogP contribution in [-0.4, -0.2) is 36.6 Å². The maximum Gasteiger partial charge on any atom is 0.340 e. The number of hydrogen-bond acceptors (Lipinski definition) is 5. The molecule has 0 aromatic carbocycles. The zero-order valence-electron chi connectivity index (χ0n) is 13.0. The number of ether oxygens (including phenoxy) is 2. The molecule has 1 aliphatic carbocycles. The van der Waals surface area contributed by atoms with E-state index in [9.17, 15) is 9.59 Å². The lowest BCUT2D eigenvalue weighted by atomic mass is 9.86. The third-order valence-electron chi connectivity index (χ3n) is 3.97. The van der Waals surface area contributed by atoms with Gasteiger partial charge in [0.25, 0.3) is 5.91 Å². The van der Waals surface area contributed by atoms with Gasteiger partial charge in [-0.15, -0.1) is 0 Å². The van der Waals surface area contributed by atoms with E-state index in [1.807, 2.05) is 0 Å². The van der Waals surface area contributed by atoms with Gasteiger partial charge in [-0.3, -0.25) is 4.79 Å². The molecule has 1 aromatic heterocycles. The Morgan fingerprint density at radius 2 is 2.09 bits per heavy atom. The molecule has 0 saturated heterocycles. The number of carbonyl (C=O) groups is 2. The van der Waals surface area contributed by atoms with Gasteiger partial charge in [-0.25, -0.2) is 9.78 Å². The third kappa shape index (κ3) is 4.44. The zero-order valence-corrected chi connectivity index (χ0v) is 13.0. The Morgan fingerprint density at radius 3 is 2.73 bits per heavy atom. The van der Waals surface area contributed by atoms with E-state index in [2.05, 4.69) is 17.2 Å². The summed E-state index contributed by atoms with van der Waals surface area (Å²) in [5.41, 5.74) is 0.291. The molecular weight excluding hydrogens is 284 g/mol. The minimum atomic E-state index is -0.568. The normalized spacial score (nSPS) is 21.0. The van der Waals surface area contributed by atoms with Crippen LogP contribution >= 0.6 is 0 Å². The molecule has 120 valence electrons. The predicted molar refractivity (Wildman–Crippen MR) is 80.6 cm³/mol. The van der Waals surface area contributed by atoms with Gasteiger partial charge in [-0.05, 0) is 24.8 Å². The van der Waals surface area contributed by atoms with Crippen molar-refractivity contribution in [2.24, 2.45) is 5.92 Å². The predicted octanol–water partition coefficient (Wildman–Crippen LogP) is 1.94. The van der Waals surface area contributed by atoms with Crippen molar-refractivity contribution in [2.75, 3.05) is 13.7 Å². The molecule has 0 bridgehead atoms. The molecule has 0 aliphatic heterocycles. The second-order valence-corrected chi connectivity index (χ2v) is 5.60. The second kappa shape index (κ2) is 7.77. The van der Waals surface area contributed by atoms with Crippen LogP contribution in [0, 0.1) is 5.92 Å². The first-order chi connectivity index (χ1) is 10.6. The molecule has 2 atom stereocenters. The Balaban J connectivity index is 1.78. The zero-order chi connectivity index (χ0) is 15.9. The minimum absolute atomic E-state index is 0.183. The van der Waals surface area contributed by atoms with E-state index in [1.54, 1.807) is 12.1 Å². The topological polar surface area (TPSA) is 77.5 Å². The summed E-state index contributed by atoms with van der Waals surface area (Å²) < 4.78 is 9.92. The Hall–Kier alpha value is -2.11. The maximum atomic E-state index is 11.9. The molecule has 0 spiro atoms. The van der Waals surface area contributed by atoms with E-state index in [0.717, 1.165) is 19.3 Å². The van der Waals surface area contributed by atoms with Crippen molar-refractivity contribution < 1.29 is 19.1 Å². The summed E-state index contributed by atoms with van der Waals surface area (Å²) in [6.07, 6.45) is 5.83. The maximum absolute atomic E-state index is 11.9. The van der Waals surface area contributed by atoms with E-state index < -0.39 is 5.97 Å². The number of pyridine rings is 1. The fourth-order valence-electron chi connectivity index (χ4n) is 2.62. The van der Waals surface area contributed by atoms with Crippen molar-refractivity contribution in [3.63, 3.8) is 0 Å². The van der Waals surface area contributed by atoms with Gasteiger partial charge in [0.2, 0.25) is 5.88 Å². The van der Waals surface area contributed by atoms with Crippen molar-refractivity contribution in [2.45, 2.75) is 38.6 Å². The molecule has 2 unspecified atom stereocenters. The smallest absolute Gasteiger partial charge is 0.340 e. The van der Waals surface area contributed by atoms with Gasteiger partial charge in [0.15, 0.2) is 6.61 Å². The highest BCUT2D eigenvalue weighted by molar-refractivity contribution is 5.91. The highest BCUT2D eigenvalue weighted by Gasteiger charge is 2.23. The molecule has 1 aromatic rings. The summed E-state index contributed by atoms with van der Waals surface area (Å²) in [5.74, 6) is 0.0651. The molecule has 1 saturated carbocycles. The standard InChI is InChI=1S/C16H22N2O4/c1-11-5-3-4-6-13(11)18-14(19)10-22-16(20)12-7-8-15(21-2)17-9-12/h7-9,11,13H,3-6,10H2,1-2H3,(H,18,19). The van der Waals surface area contributed by atoms with E-state index >= 15 is 0 Å². The number of rotatable bonds is 5. The van der Waals surface area contributed by atoms with Gasteiger partial charge in [0.1, 0.15) is 0 Å². The lowest BCUT2D eigenvalue weighted by molar-refractivity contribution is -0.125. The number of esters is 1. The minimum Gasteiger partial charge on any atom is -0.481 e. The van der Waals surface area contributed by atoms with Gasteiger partial charge in [0.05, 0.1) is 12.7 Å². The summed E-state index contributed by atoms with van der Waals surface area (Å²) in [6.45, 7) is 1.87. The molecular formula is C16H22N2O4. The molecule has 1 fully saturated rings. The summed E-state index contributed by atoms with van der Waals surface area (Å²) in [6, 6.07) is 3.30. The van der Waals surface area contributed by atoms with Crippen LogP contribution in [0.4, 0.5) is 0 Å². The summed E-state index contributed by atoms with van der Waals surface area (Å²) in [7, 11) is 1.50. The quantitative estimate of drug-likeness (QED) is 0.841. The number of amides is 1. The molecule has 6 nitrogen and oxygen atoms in total. The summed E-state index contributed by atoms with van der Waals surface area (Å²) in [5, 5.41) is 2.94. The average Bonchev–Trinajstić information content (AvgIpc) is 2.55. The van der Waals surface area contributed by atoms with Gasteiger partial charge in [-0.1, -0.05) is 19.8 Å². The van der Waals surface area contributed by atoms with Crippen LogP contribution in [0.15, 0.2) is 18.3 Å². The molecule has 0 radical (unpaired) electrons. The first-order valence-electron chi connectivity index (χ1n) is 7.56. The van der Waals surface area contributed by atoms with E-state index in [-0.39, 0.29) is 18.6 Å². The Bertz CT molecular complexity index is 515. The molecule has 1 N–H and O–H groups in total. The van der Waals surface area contributed by atoms with Gasteiger partial charge >= 0.3 is 5.97 Å². The van der Waals surface area contributed by atoms with Crippen molar-refractivity contribution in [1.82, 2.24) is 10.3 Å². The number of carbonyl (C=O) groups excluding carboxylic acids is 2. The van der Waals surface area contributed by atoms with Crippen LogP contribution in [-0.2, 0) is 9.53 Å². The molecule has 6 heteroatoms. The lowest BCUT2D eigenvalue weighted by Crippen LogP contribution is -2.42. The first kappa shape index (κ1) is 16.3. The molecule has 22 heavy (non-hydrogen) atoms. The van der Waals surface area contributed by atoms with E-state index in [0.29, 0.717) is 17.4 Å². The molecule has 1 aliphatic rings. The van der Waals surface area contributed by atoms with Crippen molar-refractivity contribution in [1.29, 1.82) is 0 Å².